The average molecular weight is 394 g/mol. The van der Waals surface area contributed by atoms with E-state index in [0.717, 1.165) is 22.6 Å². The molecule has 0 bridgehead atoms. The van der Waals surface area contributed by atoms with Crippen LogP contribution in [0.1, 0.15) is 33.0 Å². The molecule has 1 saturated heterocycles. The highest BCUT2D eigenvalue weighted by molar-refractivity contribution is 7.89. The summed E-state index contributed by atoms with van der Waals surface area (Å²) in [6.45, 7) is 5.19. The number of carbonyl (C=O) groups excluding carboxylic acids is 1. The standard InChI is InChI=1S/C18H23N3O3S2/c1-13-9-17(14(2)25-13)26(23,24)21-8-4-5-15(12-21)10-20-18(22)16-6-3-7-19-11-16/h3,6-7,9,11,15H,4-5,8,10,12H2,1-2H3,(H,20,22)/t15-/m1/s1. The molecule has 3 rings (SSSR count). The number of nitrogens with one attached hydrogen (secondary N) is 1. The molecule has 1 aliphatic rings. The minimum absolute atomic E-state index is 0.110. The summed E-state index contributed by atoms with van der Waals surface area (Å²) in [7, 11) is -3.47. The summed E-state index contributed by atoms with van der Waals surface area (Å²) in [4.78, 5) is 18.3. The summed E-state index contributed by atoms with van der Waals surface area (Å²) in [6, 6.07) is 5.18. The monoisotopic (exact) mass is 393 g/mol. The number of sulfonamides is 1. The van der Waals surface area contributed by atoms with Crippen molar-refractivity contribution in [1.29, 1.82) is 0 Å². The number of aromatic nitrogens is 1. The van der Waals surface area contributed by atoms with Gasteiger partial charge in [-0.05, 0) is 50.8 Å². The molecule has 1 fully saturated rings. The van der Waals surface area contributed by atoms with Crippen molar-refractivity contribution in [2.45, 2.75) is 31.6 Å². The lowest BCUT2D eigenvalue weighted by molar-refractivity contribution is 0.0941. The fourth-order valence-corrected chi connectivity index (χ4v) is 6.33. The van der Waals surface area contributed by atoms with Gasteiger partial charge in [0.2, 0.25) is 10.0 Å². The summed E-state index contributed by atoms with van der Waals surface area (Å²) >= 11 is 1.50. The number of amides is 1. The maximum absolute atomic E-state index is 13.0. The molecule has 1 atom stereocenters. The molecule has 0 spiro atoms. The van der Waals surface area contributed by atoms with Gasteiger partial charge in [-0.1, -0.05) is 0 Å². The molecule has 3 heterocycles. The maximum atomic E-state index is 13.0. The van der Waals surface area contributed by atoms with E-state index >= 15 is 0 Å². The minimum atomic E-state index is -3.47. The first-order chi connectivity index (χ1) is 12.4. The highest BCUT2D eigenvalue weighted by Crippen LogP contribution is 2.30. The van der Waals surface area contributed by atoms with Crippen molar-refractivity contribution in [2.24, 2.45) is 5.92 Å². The van der Waals surface area contributed by atoms with Crippen LogP contribution < -0.4 is 5.32 Å². The molecule has 0 aromatic carbocycles. The van der Waals surface area contributed by atoms with Gasteiger partial charge in [0.15, 0.2) is 0 Å². The van der Waals surface area contributed by atoms with E-state index in [9.17, 15) is 13.2 Å². The minimum Gasteiger partial charge on any atom is -0.352 e. The smallest absolute Gasteiger partial charge is 0.252 e. The molecule has 0 unspecified atom stereocenters. The number of aryl methyl sites for hydroxylation is 2. The zero-order valence-electron chi connectivity index (χ0n) is 14.9. The van der Waals surface area contributed by atoms with Crippen molar-refractivity contribution in [2.75, 3.05) is 19.6 Å². The zero-order chi connectivity index (χ0) is 18.7. The van der Waals surface area contributed by atoms with E-state index in [4.69, 9.17) is 0 Å². The van der Waals surface area contributed by atoms with Crippen LogP contribution in [0.5, 0.6) is 0 Å². The van der Waals surface area contributed by atoms with Crippen LogP contribution in [-0.2, 0) is 10.0 Å². The van der Waals surface area contributed by atoms with Crippen molar-refractivity contribution in [3.8, 4) is 0 Å². The van der Waals surface area contributed by atoms with Crippen LogP contribution in [0.3, 0.4) is 0 Å². The molecule has 0 radical (unpaired) electrons. The predicted octanol–water partition coefficient (Wildman–Crippen LogP) is 2.59. The number of carbonyl (C=O) groups is 1. The van der Waals surface area contributed by atoms with Crippen LogP contribution in [0.2, 0.25) is 0 Å². The van der Waals surface area contributed by atoms with Gasteiger partial charge in [-0.25, -0.2) is 8.42 Å². The van der Waals surface area contributed by atoms with Gasteiger partial charge < -0.3 is 5.32 Å². The number of nitrogens with zero attached hydrogens (tertiary/aromatic N) is 2. The number of thiophene rings is 1. The predicted molar refractivity (Wildman–Crippen MR) is 102 cm³/mol. The van der Waals surface area contributed by atoms with Crippen LogP contribution in [-0.4, -0.2) is 43.2 Å². The molecule has 26 heavy (non-hydrogen) atoms. The SMILES string of the molecule is Cc1cc(S(=O)(=O)N2CCC[C@H](CNC(=O)c3cccnc3)C2)c(C)s1. The molecule has 1 amide bonds. The molecule has 6 nitrogen and oxygen atoms in total. The molecule has 0 aliphatic carbocycles. The number of piperidine rings is 1. The largest absolute Gasteiger partial charge is 0.352 e. The van der Waals surface area contributed by atoms with Gasteiger partial charge in [0, 0.05) is 41.8 Å². The summed E-state index contributed by atoms with van der Waals surface area (Å²) in [6.07, 6.45) is 4.85. The van der Waals surface area contributed by atoms with Crippen LogP contribution in [0.15, 0.2) is 35.5 Å². The van der Waals surface area contributed by atoms with Gasteiger partial charge in [-0.15, -0.1) is 11.3 Å². The van der Waals surface area contributed by atoms with E-state index in [2.05, 4.69) is 10.3 Å². The Bertz CT molecular complexity index is 878. The first-order valence-corrected chi connectivity index (χ1v) is 10.9. The molecule has 1 N–H and O–H groups in total. The Balaban J connectivity index is 1.64. The molecule has 0 saturated carbocycles. The Morgan fingerprint density at radius 2 is 2.23 bits per heavy atom. The Kier molecular flexibility index (Phi) is 5.74. The van der Waals surface area contributed by atoms with Crippen molar-refractivity contribution in [3.05, 3.63) is 45.9 Å². The van der Waals surface area contributed by atoms with Crippen molar-refractivity contribution < 1.29 is 13.2 Å². The van der Waals surface area contributed by atoms with Crippen molar-refractivity contribution in [1.82, 2.24) is 14.6 Å². The lowest BCUT2D eigenvalue weighted by Gasteiger charge is -2.32. The third-order valence-corrected chi connectivity index (χ3v) is 7.66. The number of rotatable bonds is 5. The van der Waals surface area contributed by atoms with E-state index in [1.165, 1.54) is 17.5 Å². The van der Waals surface area contributed by atoms with Crippen molar-refractivity contribution >= 4 is 27.3 Å². The summed E-state index contributed by atoms with van der Waals surface area (Å²) in [5.41, 5.74) is 0.511. The Morgan fingerprint density at radius 3 is 2.88 bits per heavy atom. The fraction of sp³-hybridized carbons (Fsp3) is 0.444. The van der Waals surface area contributed by atoms with Gasteiger partial charge in [-0.3, -0.25) is 9.78 Å². The highest BCUT2D eigenvalue weighted by Gasteiger charge is 2.32. The second kappa shape index (κ2) is 7.85. The third-order valence-electron chi connectivity index (χ3n) is 4.57. The van der Waals surface area contributed by atoms with Crippen LogP contribution in [0, 0.1) is 19.8 Å². The Labute approximate surface area is 158 Å². The summed E-state index contributed by atoms with van der Waals surface area (Å²) in [5.74, 6) is -0.0680. The van der Waals surface area contributed by atoms with Gasteiger partial charge in [-0.2, -0.15) is 4.31 Å². The van der Waals surface area contributed by atoms with E-state index in [0.29, 0.717) is 30.1 Å². The molecular weight excluding hydrogens is 370 g/mol. The van der Waals surface area contributed by atoms with E-state index in [-0.39, 0.29) is 11.8 Å². The fourth-order valence-electron chi connectivity index (χ4n) is 3.25. The molecule has 8 heteroatoms. The Hall–Kier alpha value is -1.77. The maximum Gasteiger partial charge on any atom is 0.252 e. The molecule has 140 valence electrons. The van der Waals surface area contributed by atoms with E-state index in [1.807, 2.05) is 13.8 Å². The molecule has 1 aliphatic heterocycles. The normalized spacial score (nSPS) is 18.6. The van der Waals surface area contributed by atoms with Crippen LogP contribution in [0.25, 0.3) is 0 Å². The second-order valence-corrected chi connectivity index (χ2v) is 9.97. The zero-order valence-corrected chi connectivity index (χ0v) is 16.6. The summed E-state index contributed by atoms with van der Waals surface area (Å²) < 4.78 is 27.5. The average Bonchev–Trinajstić information content (AvgIpc) is 2.99. The Morgan fingerprint density at radius 1 is 1.42 bits per heavy atom. The molecular formula is C18H23N3O3S2. The second-order valence-electron chi connectivity index (χ2n) is 6.60. The number of pyridine rings is 1. The van der Waals surface area contributed by atoms with Gasteiger partial charge in [0.25, 0.3) is 5.91 Å². The summed E-state index contributed by atoms with van der Waals surface area (Å²) in [5, 5.41) is 2.90. The van der Waals surface area contributed by atoms with Gasteiger partial charge >= 0.3 is 0 Å². The first-order valence-electron chi connectivity index (χ1n) is 8.63. The molecule has 2 aromatic rings. The van der Waals surface area contributed by atoms with E-state index in [1.54, 1.807) is 28.7 Å². The third kappa shape index (κ3) is 4.13. The van der Waals surface area contributed by atoms with Gasteiger partial charge in [0.1, 0.15) is 0 Å². The topological polar surface area (TPSA) is 79.4 Å². The molecule has 2 aromatic heterocycles. The van der Waals surface area contributed by atoms with Crippen LogP contribution >= 0.6 is 11.3 Å². The lowest BCUT2D eigenvalue weighted by atomic mass is 9.99. The van der Waals surface area contributed by atoms with Crippen LogP contribution in [0.4, 0.5) is 0 Å². The number of hydrogen-bond donors (Lipinski definition) is 1. The first kappa shape index (κ1) is 19.0. The van der Waals surface area contributed by atoms with Crippen molar-refractivity contribution in [3.63, 3.8) is 0 Å². The quantitative estimate of drug-likeness (QED) is 0.847. The lowest BCUT2D eigenvalue weighted by Crippen LogP contribution is -2.43. The number of hydrogen-bond acceptors (Lipinski definition) is 5. The van der Waals surface area contributed by atoms with Gasteiger partial charge in [0.05, 0.1) is 10.5 Å². The highest BCUT2D eigenvalue weighted by atomic mass is 32.2. The van der Waals surface area contributed by atoms with E-state index < -0.39 is 10.0 Å².